The lowest BCUT2D eigenvalue weighted by atomic mass is 10.2. The summed E-state index contributed by atoms with van der Waals surface area (Å²) in [4.78, 5) is 4.24. The predicted octanol–water partition coefficient (Wildman–Crippen LogP) is 4.79. The van der Waals surface area contributed by atoms with E-state index in [1.807, 2.05) is 30.3 Å². The lowest BCUT2D eigenvalue weighted by molar-refractivity contribution is 1.13. The number of pyridine rings is 1. The van der Waals surface area contributed by atoms with Crippen molar-refractivity contribution >= 4 is 39.3 Å². The zero-order chi connectivity index (χ0) is 11.4. The molecule has 0 unspecified atom stereocenters. The van der Waals surface area contributed by atoms with Gasteiger partial charge < -0.3 is 0 Å². The topological polar surface area (TPSA) is 12.9 Å². The van der Waals surface area contributed by atoms with Crippen molar-refractivity contribution in [2.45, 2.75) is 10.8 Å². The fourth-order valence-corrected chi connectivity index (χ4v) is 3.02. The third-order valence-corrected chi connectivity index (χ3v) is 4.29. The van der Waals surface area contributed by atoms with Crippen LogP contribution in [0.3, 0.4) is 0 Å². The van der Waals surface area contributed by atoms with Crippen molar-refractivity contribution in [3.8, 4) is 0 Å². The molecular weight excluding hydrogens is 306 g/mol. The maximum Gasteiger partial charge on any atom is 0.115 e. The molecular formula is C12H9BrClNS. The Balaban J connectivity index is 2.09. The molecule has 0 saturated carbocycles. The van der Waals surface area contributed by atoms with Crippen molar-refractivity contribution in [3.05, 3.63) is 57.7 Å². The molecule has 0 N–H and O–H groups in total. The number of rotatable bonds is 3. The molecule has 0 radical (unpaired) electrons. The molecule has 2 aromatic rings. The minimum absolute atomic E-state index is 0.708. The Kier molecular flexibility index (Phi) is 4.27. The number of nitrogens with zero attached hydrogens (tertiary/aromatic N) is 1. The molecule has 0 saturated heterocycles. The van der Waals surface area contributed by atoms with Crippen LogP contribution < -0.4 is 0 Å². The minimum Gasteiger partial charge on any atom is -0.248 e. The highest BCUT2D eigenvalue weighted by Gasteiger charge is 2.03. The van der Waals surface area contributed by atoms with Gasteiger partial charge in [0.15, 0.2) is 0 Å². The quantitative estimate of drug-likeness (QED) is 0.756. The van der Waals surface area contributed by atoms with Crippen LogP contribution in [-0.4, -0.2) is 4.98 Å². The van der Waals surface area contributed by atoms with E-state index in [1.165, 1.54) is 5.56 Å². The van der Waals surface area contributed by atoms with Crippen molar-refractivity contribution < 1.29 is 0 Å². The molecule has 0 atom stereocenters. The van der Waals surface area contributed by atoms with Crippen molar-refractivity contribution in [2.75, 3.05) is 0 Å². The Bertz CT molecular complexity index is 444. The third-order valence-electron chi connectivity index (χ3n) is 2.05. The average molecular weight is 315 g/mol. The van der Waals surface area contributed by atoms with Crippen LogP contribution >= 0.6 is 39.3 Å². The van der Waals surface area contributed by atoms with Crippen LogP contribution in [0.2, 0.25) is 5.02 Å². The van der Waals surface area contributed by atoms with E-state index in [4.69, 9.17) is 11.6 Å². The Labute approximate surface area is 112 Å². The minimum atomic E-state index is 0.708. The van der Waals surface area contributed by atoms with Gasteiger partial charge in [-0.05, 0) is 23.8 Å². The number of aromatic nitrogens is 1. The van der Waals surface area contributed by atoms with Crippen molar-refractivity contribution in [1.82, 2.24) is 4.98 Å². The molecule has 1 nitrogen and oxygen atoms in total. The summed E-state index contributed by atoms with van der Waals surface area (Å²) in [5, 5.41) is 1.58. The normalized spacial score (nSPS) is 10.4. The summed E-state index contributed by atoms with van der Waals surface area (Å²) < 4.78 is 1.12. The van der Waals surface area contributed by atoms with Crippen LogP contribution in [0.5, 0.6) is 0 Å². The van der Waals surface area contributed by atoms with Gasteiger partial charge in [0.2, 0.25) is 0 Å². The van der Waals surface area contributed by atoms with Gasteiger partial charge in [-0.1, -0.05) is 45.7 Å². The molecule has 0 fully saturated rings. The van der Waals surface area contributed by atoms with Gasteiger partial charge >= 0.3 is 0 Å². The Morgan fingerprint density at radius 2 is 2.00 bits per heavy atom. The van der Waals surface area contributed by atoms with E-state index in [1.54, 1.807) is 18.0 Å². The van der Waals surface area contributed by atoms with Crippen LogP contribution in [0.15, 0.2) is 52.1 Å². The van der Waals surface area contributed by atoms with Gasteiger partial charge in [0, 0.05) is 16.4 Å². The summed E-state index contributed by atoms with van der Waals surface area (Å²) in [5.74, 6) is 0.859. The van der Waals surface area contributed by atoms with Crippen LogP contribution in [0, 0.1) is 0 Å². The van der Waals surface area contributed by atoms with Gasteiger partial charge in [0.25, 0.3) is 0 Å². The van der Waals surface area contributed by atoms with E-state index in [-0.39, 0.29) is 0 Å². The highest BCUT2D eigenvalue weighted by molar-refractivity contribution is 9.10. The van der Waals surface area contributed by atoms with Gasteiger partial charge in [0.1, 0.15) is 5.03 Å². The summed E-state index contributed by atoms with van der Waals surface area (Å²) in [6.07, 6.45) is 1.76. The molecule has 1 aromatic heterocycles. The van der Waals surface area contributed by atoms with Crippen LogP contribution in [-0.2, 0) is 5.75 Å². The maximum atomic E-state index is 6.04. The molecule has 1 heterocycles. The fourth-order valence-electron chi connectivity index (χ4n) is 1.24. The molecule has 1 aromatic carbocycles. The number of hydrogen-bond acceptors (Lipinski definition) is 2. The smallest absolute Gasteiger partial charge is 0.115 e. The van der Waals surface area contributed by atoms with Gasteiger partial charge in [-0.2, -0.15) is 0 Å². The number of thioether (sulfide) groups is 1. The van der Waals surface area contributed by atoms with Crippen molar-refractivity contribution in [3.63, 3.8) is 0 Å². The van der Waals surface area contributed by atoms with Crippen molar-refractivity contribution in [1.29, 1.82) is 0 Å². The van der Waals surface area contributed by atoms with Crippen LogP contribution in [0.25, 0.3) is 0 Å². The standard InChI is InChI=1S/C12H9BrClNS/c13-10-5-2-1-4-9(10)8-16-12-11(14)6-3-7-15-12/h1-7H,8H2. The zero-order valence-electron chi connectivity index (χ0n) is 8.36. The largest absolute Gasteiger partial charge is 0.248 e. The van der Waals surface area contributed by atoms with Gasteiger partial charge in [-0.3, -0.25) is 0 Å². The molecule has 0 bridgehead atoms. The number of benzene rings is 1. The van der Waals surface area contributed by atoms with Crippen LogP contribution in [0.1, 0.15) is 5.56 Å². The third kappa shape index (κ3) is 3.00. The zero-order valence-corrected chi connectivity index (χ0v) is 11.5. The molecule has 0 aliphatic carbocycles. The maximum absolute atomic E-state index is 6.04. The summed E-state index contributed by atoms with van der Waals surface area (Å²) in [6.45, 7) is 0. The lowest BCUT2D eigenvalue weighted by Crippen LogP contribution is -1.85. The first-order valence-electron chi connectivity index (χ1n) is 4.74. The molecule has 0 aliphatic rings. The summed E-state index contributed by atoms with van der Waals surface area (Å²) in [7, 11) is 0. The van der Waals surface area contributed by atoms with E-state index in [2.05, 4.69) is 27.0 Å². The van der Waals surface area contributed by atoms with Gasteiger partial charge in [-0.15, -0.1) is 11.8 Å². The van der Waals surface area contributed by atoms with E-state index in [9.17, 15) is 0 Å². The number of halogens is 2. The number of hydrogen-bond donors (Lipinski definition) is 0. The highest BCUT2D eigenvalue weighted by atomic mass is 79.9. The van der Waals surface area contributed by atoms with E-state index in [0.717, 1.165) is 15.3 Å². The molecule has 82 valence electrons. The van der Waals surface area contributed by atoms with E-state index >= 15 is 0 Å². The Hall–Kier alpha value is -0.510. The first-order valence-corrected chi connectivity index (χ1v) is 6.90. The monoisotopic (exact) mass is 313 g/mol. The second kappa shape index (κ2) is 5.71. The summed E-state index contributed by atoms with van der Waals surface area (Å²) >= 11 is 11.2. The molecule has 2 rings (SSSR count). The second-order valence-corrected chi connectivity index (χ2v) is 5.40. The lowest BCUT2D eigenvalue weighted by Gasteiger charge is -2.04. The molecule has 0 aliphatic heterocycles. The first-order chi connectivity index (χ1) is 7.77. The fraction of sp³-hybridized carbons (Fsp3) is 0.0833. The molecule has 16 heavy (non-hydrogen) atoms. The molecule has 0 spiro atoms. The van der Waals surface area contributed by atoms with Crippen LogP contribution in [0.4, 0.5) is 0 Å². The summed E-state index contributed by atoms with van der Waals surface area (Å²) in [5.41, 5.74) is 1.24. The van der Waals surface area contributed by atoms with Crippen molar-refractivity contribution in [2.24, 2.45) is 0 Å². The average Bonchev–Trinajstić information content (AvgIpc) is 2.30. The SMILES string of the molecule is Clc1cccnc1SCc1ccccc1Br. The molecule has 0 amide bonds. The summed E-state index contributed by atoms with van der Waals surface area (Å²) in [6, 6.07) is 11.9. The second-order valence-electron chi connectivity index (χ2n) is 3.17. The van der Waals surface area contributed by atoms with E-state index < -0.39 is 0 Å². The Morgan fingerprint density at radius 1 is 1.19 bits per heavy atom. The van der Waals surface area contributed by atoms with Gasteiger partial charge in [-0.25, -0.2) is 4.98 Å². The van der Waals surface area contributed by atoms with E-state index in [0.29, 0.717) is 5.02 Å². The predicted molar refractivity (Wildman–Crippen MR) is 73.0 cm³/mol. The molecule has 4 heteroatoms. The van der Waals surface area contributed by atoms with Gasteiger partial charge in [0.05, 0.1) is 5.02 Å². The highest BCUT2D eigenvalue weighted by Crippen LogP contribution is 2.29. The first kappa shape index (κ1) is 12.0. The Morgan fingerprint density at radius 3 is 2.75 bits per heavy atom.